The molecule has 0 unspecified atom stereocenters. The van der Waals surface area contributed by atoms with E-state index in [1.807, 2.05) is 0 Å². The van der Waals surface area contributed by atoms with Gasteiger partial charge in [0.25, 0.3) is 0 Å². The van der Waals surface area contributed by atoms with Crippen LogP contribution in [-0.4, -0.2) is 17.9 Å². The van der Waals surface area contributed by atoms with Crippen LogP contribution in [0.25, 0.3) is 0 Å². The average Bonchev–Trinajstić information content (AvgIpc) is 2.87. The fourth-order valence-corrected chi connectivity index (χ4v) is 3.50. The third kappa shape index (κ3) is 4.08. The van der Waals surface area contributed by atoms with Crippen LogP contribution in [0.2, 0.25) is 0 Å². The first-order valence-corrected chi connectivity index (χ1v) is 8.72. The molecule has 118 valence electrons. The van der Waals surface area contributed by atoms with E-state index in [-0.39, 0.29) is 11.8 Å². The summed E-state index contributed by atoms with van der Waals surface area (Å²) in [6.45, 7) is 6.78. The summed E-state index contributed by atoms with van der Waals surface area (Å²) in [7, 11) is 0. The van der Waals surface area contributed by atoms with Gasteiger partial charge in [-0.05, 0) is 37.7 Å². The first-order chi connectivity index (χ1) is 10.2. The second-order valence-electron chi connectivity index (χ2n) is 6.28. The van der Waals surface area contributed by atoms with E-state index >= 15 is 0 Å². The SMILES string of the molecule is CCCCC[C@H]1N[C@@H](Cc2ccccc2)C(CC)(CC)O1. The highest BCUT2D eigenvalue weighted by Gasteiger charge is 2.45. The molecule has 1 heterocycles. The van der Waals surface area contributed by atoms with E-state index in [9.17, 15) is 0 Å². The van der Waals surface area contributed by atoms with Crippen LogP contribution in [0, 0.1) is 0 Å². The molecule has 1 N–H and O–H groups in total. The number of nitrogens with one attached hydrogen (secondary N) is 1. The molecule has 1 fully saturated rings. The molecule has 0 bridgehead atoms. The first kappa shape index (κ1) is 16.5. The molecule has 1 aromatic carbocycles. The Bertz CT molecular complexity index is 399. The van der Waals surface area contributed by atoms with Crippen molar-refractivity contribution in [1.82, 2.24) is 5.32 Å². The van der Waals surface area contributed by atoms with Crippen molar-refractivity contribution in [3.05, 3.63) is 35.9 Å². The number of hydrogen-bond donors (Lipinski definition) is 1. The standard InChI is InChI=1S/C19H31NO/c1-4-7-9-14-18-20-17(19(5-2,6-3)21-18)15-16-12-10-8-11-13-16/h8,10-13,17-18,20H,4-7,9,14-15H2,1-3H3/t17-,18-/m0/s1. The summed E-state index contributed by atoms with van der Waals surface area (Å²) in [5.74, 6) is 0. The van der Waals surface area contributed by atoms with E-state index < -0.39 is 0 Å². The van der Waals surface area contributed by atoms with Crippen LogP contribution in [-0.2, 0) is 11.2 Å². The second kappa shape index (κ2) is 7.95. The third-order valence-corrected chi connectivity index (χ3v) is 4.95. The monoisotopic (exact) mass is 289 g/mol. The van der Waals surface area contributed by atoms with E-state index in [1.165, 1.54) is 24.8 Å². The Morgan fingerprint density at radius 2 is 1.76 bits per heavy atom. The topological polar surface area (TPSA) is 21.3 Å². The molecule has 2 atom stereocenters. The predicted molar refractivity (Wildman–Crippen MR) is 89.4 cm³/mol. The number of rotatable bonds is 8. The lowest BCUT2D eigenvalue weighted by Gasteiger charge is -2.32. The lowest BCUT2D eigenvalue weighted by Crippen LogP contribution is -2.44. The van der Waals surface area contributed by atoms with Gasteiger partial charge >= 0.3 is 0 Å². The van der Waals surface area contributed by atoms with Gasteiger partial charge in [0.15, 0.2) is 0 Å². The Labute approximate surface area is 130 Å². The molecule has 0 spiro atoms. The van der Waals surface area contributed by atoms with Crippen LogP contribution in [0.5, 0.6) is 0 Å². The van der Waals surface area contributed by atoms with Gasteiger partial charge in [-0.2, -0.15) is 0 Å². The summed E-state index contributed by atoms with van der Waals surface area (Å²) in [5.41, 5.74) is 1.41. The fraction of sp³-hybridized carbons (Fsp3) is 0.684. The Hall–Kier alpha value is -0.860. The smallest absolute Gasteiger partial charge is 0.109 e. The predicted octanol–water partition coefficient (Wildman–Crippen LogP) is 4.68. The molecule has 0 radical (unpaired) electrons. The maximum atomic E-state index is 6.47. The Balaban J connectivity index is 2.02. The zero-order valence-corrected chi connectivity index (χ0v) is 13.9. The van der Waals surface area contributed by atoms with Crippen LogP contribution in [0.3, 0.4) is 0 Å². The normalized spacial score (nSPS) is 24.3. The quantitative estimate of drug-likeness (QED) is 0.701. The molecule has 0 amide bonds. The zero-order valence-electron chi connectivity index (χ0n) is 13.9. The summed E-state index contributed by atoms with van der Waals surface area (Å²) >= 11 is 0. The number of hydrogen-bond acceptors (Lipinski definition) is 2. The Kier molecular flexibility index (Phi) is 6.25. The van der Waals surface area contributed by atoms with Gasteiger partial charge in [-0.15, -0.1) is 0 Å². The number of unbranched alkanes of at least 4 members (excludes halogenated alkanes) is 2. The van der Waals surface area contributed by atoms with E-state index in [0.717, 1.165) is 25.7 Å². The molecular weight excluding hydrogens is 258 g/mol. The first-order valence-electron chi connectivity index (χ1n) is 8.72. The van der Waals surface area contributed by atoms with Gasteiger partial charge in [0, 0.05) is 6.04 Å². The number of ether oxygens (including phenoxy) is 1. The van der Waals surface area contributed by atoms with E-state index in [4.69, 9.17) is 4.74 Å². The lowest BCUT2D eigenvalue weighted by molar-refractivity contribution is -0.0566. The van der Waals surface area contributed by atoms with Crippen molar-refractivity contribution in [2.45, 2.75) is 83.6 Å². The summed E-state index contributed by atoms with van der Waals surface area (Å²) < 4.78 is 6.47. The van der Waals surface area contributed by atoms with Crippen molar-refractivity contribution in [2.24, 2.45) is 0 Å². The second-order valence-corrected chi connectivity index (χ2v) is 6.28. The molecule has 1 aliphatic rings. The molecule has 1 saturated heterocycles. The maximum Gasteiger partial charge on any atom is 0.109 e. The lowest BCUT2D eigenvalue weighted by atomic mass is 9.85. The molecular formula is C19H31NO. The van der Waals surface area contributed by atoms with Gasteiger partial charge in [-0.3, -0.25) is 5.32 Å². The van der Waals surface area contributed by atoms with Crippen LogP contribution in [0.15, 0.2) is 30.3 Å². The maximum absolute atomic E-state index is 6.47. The molecule has 0 saturated carbocycles. The number of benzene rings is 1. The van der Waals surface area contributed by atoms with Gasteiger partial charge in [0.2, 0.25) is 0 Å². The van der Waals surface area contributed by atoms with Crippen molar-refractivity contribution in [1.29, 1.82) is 0 Å². The van der Waals surface area contributed by atoms with Gasteiger partial charge in [-0.25, -0.2) is 0 Å². The molecule has 1 aliphatic heterocycles. The fourth-order valence-electron chi connectivity index (χ4n) is 3.50. The van der Waals surface area contributed by atoms with Crippen LogP contribution in [0.1, 0.15) is 64.9 Å². The van der Waals surface area contributed by atoms with Crippen LogP contribution < -0.4 is 5.32 Å². The molecule has 1 aromatic rings. The summed E-state index contributed by atoms with van der Waals surface area (Å²) in [6.07, 6.45) is 8.44. The van der Waals surface area contributed by atoms with Crippen molar-refractivity contribution < 1.29 is 4.74 Å². The van der Waals surface area contributed by atoms with Gasteiger partial charge < -0.3 is 4.74 Å². The average molecular weight is 289 g/mol. The summed E-state index contributed by atoms with van der Waals surface area (Å²) in [6, 6.07) is 11.2. The molecule has 0 aromatic heterocycles. The van der Waals surface area contributed by atoms with E-state index in [0.29, 0.717) is 6.04 Å². The minimum Gasteiger partial charge on any atom is -0.355 e. The van der Waals surface area contributed by atoms with Crippen LogP contribution in [0.4, 0.5) is 0 Å². The Morgan fingerprint density at radius 1 is 1.05 bits per heavy atom. The highest BCUT2D eigenvalue weighted by molar-refractivity contribution is 5.18. The molecule has 2 heteroatoms. The van der Waals surface area contributed by atoms with E-state index in [2.05, 4.69) is 56.4 Å². The van der Waals surface area contributed by atoms with Gasteiger partial charge in [-0.1, -0.05) is 63.9 Å². The highest BCUT2D eigenvalue weighted by Crippen LogP contribution is 2.34. The summed E-state index contributed by atoms with van der Waals surface area (Å²) in [4.78, 5) is 0. The summed E-state index contributed by atoms with van der Waals surface area (Å²) in [5, 5.41) is 3.77. The minimum absolute atomic E-state index is 0.00667. The van der Waals surface area contributed by atoms with E-state index in [1.54, 1.807) is 0 Å². The zero-order chi connectivity index (χ0) is 15.1. The van der Waals surface area contributed by atoms with Crippen molar-refractivity contribution in [2.75, 3.05) is 0 Å². The van der Waals surface area contributed by atoms with Gasteiger partial charge in [0.05, 0.1) is 5.60 Å². The van der Waals surface area contributed by atoms with Crippen LogP contribution >= 0.6 is 0 Å². The van der Waals surface area contributed by atoms with Crippen molar-refractivity contribution in [3.63, 3.8) is 0 Å². The molecule has 2 nitrogen and oxygen atoms in total. The molecule has 2 rings (SSSR count). The largest absolute Gasteiger partial charge is 0.355 e. The minimum atomic E-state index is 0.00667. The van der Waals surface area contributed by atoms with Gasteiger partial charge in [0.1, 0.15) is 6.23 Å². The van der Waals surface area contributed by atoms with Crippen molar-refractivity contribution in [3.8, 4) is 0 Å². The molecule has 0 aliphatic carbocycles. The van der Waals surface area contributed by atoms with Crippen molar-refractivity contribution >= 4 is 0 Å². The molecule has 21 heavy (non-hydrogen) atoms. The third-order valence-electron chi connectivity index (χ3n) is 4.95. The highest BCUT2D eigenvalue weighted by atomic mass is 16.5. The Morgan fingerprint density at radius 3 is 2.38 bits per heavy atom.